The van der Waals surface area contributed by atoms with Crippen molar-refractivity contribution >= 4 is 5.97 Å². The van der Waals surface area contributed by atoms with Crippen molar-refractivity contribution in [1.29, 1.82) is 0 Å². The van der Waals surface area contributed by atoms with Gasteiger partial charge in [-0.25, -0.2) is 9.78 Å². The third kappa shape index (κ3) is 2.01. The molecule has 3 rings (SSSR count). The molecule has 0 spiro atoms. The van der Waals surface area contributed by atoms with E-state index in [1.54, 1.807) is 0 Å². The van der Waals surface area contributed by atoms with E-state index >= 15 is 0 Å². The van der Waals surface area contributed by atoms with Gasteiger partial charge in [-0.3, -0.25) is 0 Å². The second kappa shape index (κ2) is 5.12. The summed E-state index contributed by atoms with van der Waals surface area (Å²) in [6.45, 7) is 2.05. The van der Waals surface area contributed by atoms with E-state index in [0.717, 1.165) is 19.3 Å². The monoisotopic (exact) mass is 271 g/mol. The van der Waals surface area contributed by atoms with Crippen molar-refractivity contribution < 1.29 is 13.9 Å². The van der Waals surface area contributed by atoms with E-state index in [0.29, 0.717) is 11.6 Å². The number of hydrogen-bond acceptors (Lipinski definition) is 4. The Hall–Kier alpha value is -2.10. The van der Waals surface area contributed by atoms with Gasteiger partial charge in [-0.1, -0.05) is 37.6 Å². The third-order valence-corrected chi connectivity index (χ3v) is 3.72. The SMILES string of the molecule is CCCc1nc(C2Cc3ccccc32)oc1C(=O)OC. The van der Waals surface area contributed by atoms with Crippen LogP contribution in [0.3, 0.4) is 0 Å². The Balaban J connectivity index is 1.94. The molecule has 4 heteroatoms. The summed E-state index contributed by atoms with van der Waals surface area (Å²) in [5, 5.41) is 0. The van der Waals surface area contributed by atoms with Crippen molar-refractivity contribution in [3.05, 3.63) is 52.7 Å². The summed E-state index contributed by atoms with van der Waals surface area (Å²) < 4.78 is 10.5. The Bertz CT molecular complexity index is 645. The average molecular weight is 271 g/mol. The minimum absolute atomic E-state index is 0.167. The quantitative estimate of drug-likeness (QED) is 0.802. The molecule has 0 aliphatic heterocycles. The van der Waals surface area contributed by atoms with E-state index in [2.05, 4.69) is 17.1 Å². The molecule has 0 bridgehead atoms. The fourth-order valence-electron chi connectivity index (χ4n) is 2.66. The zero-order valence-electron chi connectivity index (χ0n) is 11.7. The summed E-state index contributed by atoms with van der Waals surface area (Å²) in [6, 6.07) is 8.25. The topological polar surface area (TPSA) is 52.3 Å². The molecule has 1 aliphatic rings. The smallest absolute Gasteiger partial charge is 0.375 e. The molecule has 104 valence electrons. The molecule has 1 heterocycles. The summed E-state index contributed by atoms with van der Waals surface area (Å²) in [6.07, 6.45) is 2.56. The molecule has 1 unspecified atom stereocenters. The number of aromatic nitrogens is 1. The minimum atomic E-state index is -0.445. The van der Waals surface area contributed by atoms with Crippen LogP contribution in [0.5, 0.6) is 0 Å². The highest BCUT2D eigenvalue weighted by Gasteiger charge is 2.33. The Morgan fingerprint density at radius 2 is 2.25 bits per heavy atom. The maximum Gasteiger partial charge on any atom is 0.375 e. The lowest BCUT2D eigenvalue weighted by molar-refractivity contribution is 0.0560. The van der Waals surface area contributed by atoms with Crippen LogP contribution in [-0.2, 0) is 17.6 Å². The lowest BCUT2D eigenvalue weighted by atomic mass is 9.77. The van der Waals surface area contributed by atoms with Crippen LogP contribution in [0.15, 0.2) is 28.7 Å². The first-order valence-corrected chi connectivity index (χ1v) is 6.90. The Morgan fingerprint density at radius 1 is 1.45 bits per heavy atom. The predicted octanol–water partition coefficient (Wildman–Crippen LogP) is 3.10. The summed E-state index contributed by atoms with van der Waals surface area (Å²) in [7, 11) is 1.36. The summed E-state index contributed by atoms with van der Waals surface area (Å²) in [4.78, 5) is 16.3. The standard InChI is InChI=1S/C16H17NO3/c1-3-6-13-14(16(18)19-2)20-15(17-13)12-9-10-7-4-5-8-11(10)12/h4-5,7-8,12H,3,6,9H2,1-2H3. The van der Waals surface area contributed by atoms with Crippen molar-refractivity contribution in [2.45, 2.75) is 32.1 Å². The fraction of sp³-hybridized carbons (Fsp3) is 0.375. The van der Waals surface area contributed by atoms with E-state index in [1.165, 1.54) is 18.2 Å². The third-order valence-electron chi connectivity index (χ3n) is 3.72. The van der Waals surface area contributed by atoms with E-state index in [9.17, 15) is 4.79 Å². The molecular weight excluding hydrogens is 254 g/mol. The summed E-state index contributed by atoms with van der Waals surface area (Å²) in [5.41, 5.74) is 3.28. The first-order valence-electron chi connectivity index (χ1n) is 6.90. The van der Waals surface area contributed by atoms with Crippen LogP contribution in [0.1, 0.15) is 52.5 Å². The van der Waals surface area contributed by atoms with Gasteiger partial charge in [0.2, 0.25) is 11.7 Å². The number of benzene rings is 1. The molecule has 0 amide bonds. The molecule has 4 nitrogen and oxygen atoms in total. The van der Waals surface area contributed by atoms with Crippen LogP contribution < -0.4 is 0 Å². The van der Waals surface area contributed by atoms with Crippen LogP contribution in [-0.4, -0.2) is 18.1 Å². The summed E-state index contributed by atoms with van der Waals surface area (Å²) >= 11 is 0. The van der Waals surface area contributed by atoms with Gasteiger partial charge in [0.1, 0.15) is 0 Å². The van der Waals surface area contributed by atoms with Gasteiger partial charge in [-0.2, -0.15) is 0 Å². The van der Waals surface area contributed by atoms with Gasteiger partial charge >= 0.3 is 5.97 Å². The number of carbonyl (C=O) groups is 1. The highest BCUT2D eigenvalue weighted by Crippen LogP contribution is 2.40. The highest BCUT2D eigenvalue weighted by molar-refractivity contribution is 5.87. The van der Waals surface area contributed by atoms with Crippen molar-refractivity contribution in [3.8, 4) is 0 Å². The number of aryl methyl sites for hydroxylation is 1. The van der Waals surface area contributed by atoms with Crippen molar-refractivity contribution in [2.75, 3.05) is 7.11 Å². The first kappa shape index (κ1) is 12.9. The molecular formula is C16H17NO3. The van der Waals surface area contributed by atoms with Gasteiger partial charge in [0.05, 0.1) is 18.7 Å². The van der Waals surface area contributed by atoms with Crippen LogP contribution in [0.25, 0.3) is 0 Å². The van der Waals surface area contributed by atoms with E-state index in [-0.39, 0.29) is 11.7 Å². The second-order valence-corrected chi connectivity index (χ2v) is 5.03. The average Bonchev–Trinajstić information content (AvgIpc) is 2.83. The maximum atomic E-state index is 11.7. The van der Waals surface area contributed by atoms with E-state index in [1.807, 2.05) is 19.1 Å². The molecule has 1 aromatic heterocycles. The Morgan fingerprint density at radius 3 is 2.95 bits per heavy atom. The van der Waals surface area contributed by atoms with Crippen molar-refractivity contribution in [1.82, 2.24) is 4.98 Å². The molecule has 2 aromatic rings. The highest BCUT2D eigenvalue weighted by atomic mass is 16.5. The molecule has 1 atom stereocenters. The number of oxazole rings is 1. The molecule has 0 fully saturated rings. The lowest BCUT2D eigenvalue weighted by Gasteiger charge is -2.27. The van der Waals surface area contributed by atoms with Crippen LogP contribution in [0.2, 0.25) is 0 Å². The molecule has 0 N–H and O–H groups in total. The van der Waals surface area contributed by atoms with Crippen LogP contribution in [0, 0.1) is 0 Å². The Kier molecular flexibility index (Phi) is 3.30. The van der Waals surface area contributed by atoms with Gasteiger partial charge in [-0.05, 0) is 24.0 Å². The summed E-state index contributed by atoms with van der Waals surface area (Å²) in [5.74, 6) is 0.612. The lowest BCUT2D eigenvalue weighted by Crippen LogP contribution is -2.18. The largest absolute Gasteiger partial charge is 0.463 e. The van der Waals surface area contributed by atoms with Crippen molar-refractivity contribution in [3.63, 3.8) is 0 Å². The molecule has 1 aromatic carbocycles. The molecule has 20 heavy (non-hydrogen) atoms. The number of methoxy groups -OCH3 is 1. The number of nitrogens with zero attached hydrogens (tertiary/aromatic N) is 1. The van der Waals surface area contributed by atoms with Gasteiger partial charge in [0.15, 0.2) is 0 Å². The van der Waals surface area contributed by atoms with Gasteiger partial charge < -0.3 is 9.15 Å². The van der Waals surface area contributed by atoms with E-state index in [4.69, 9.17) is 9.15 Å². The van der Waals surface area contributed by atoms with E-state index < -0.39 is 5.97 Å². The number of esters is 1. The van der Waals surface area contributed by atoms with Crippen LogP contribution in [0.4, 0.5) is 0 Å². The zero-order valence-corrected chi connectivity index (χ0v) is 11.7. The number of rotatable bonds is 4. The van der Waals surface area contributed by atoms with Gasteiger partial charge in [0, 0.05) is 0 Å². The number of ether oxygens (including phenoxy) is 1. The van der Waals surface area contributed by atoms with Gasteiger partial charge in [-0.15, -0.1) is 0 Å². The minimum Gasteiger partial charge on any atom is -0.463 e. The molecule has 1 aliphatic carbocycles. The van der Waals surface area contributed by atoms with Gasteiger partial charge in [0.25, 0.3) is 0 Å². The normalized spacial score (nSPS) is 16.4. The number of hydrogen-bond donors (Lipinski definition) is 0. The predicted molar refractivity (Wildman–Crippen MR) is 73.8 cm³/mol. The van der Waals surface area contributed by atoms with Crippen molar-refractivity contribution in [2.24, 2.45) is 0 Å². The first-order chi connectivity index (χ1) is 9.74. The Labute approximate surface area is 117 Å². The maximum absolute atomic E-state index is 11.7. The molecule has 0 saturated carbocycles. The fourth-order valence-corrected chi connectivity index (χ4v) is 2.66. The number of carbonyl (C=O) groups excluding carboxylic acids is 1. The number of fused-ring (bicyclic) bond motifs is 1. The second-order valence-electron chi connectivity index (χ2n) is 5.03. The van der Waals surface area contributed by atoms with Crippen LogP contribution >= 0.6 is 0 Å². The molecule has 0 saturated heterocycles. The zero-order chi connectivity index (χ0) is 14.1. The molecule has 0 radical (unpaired) electrons.